The molecule has 0 radical (unpaired) electrons. The van der Waals surface area contributed by atoms with Crippen LogP contribution in [-0.4, -0.2) is 29.0 Å². The molecule has 1 N–H and O–H groups in total. The van der Waals surface area contributed by atoms with Crippen LogP contribution in [0.3, 0.4) is 0 Å². The highest BCUT2D eigenvalue weighted by Crippen LogP contribution is 2.48. The summed E-state index contributed by atoms with van der Waals surface area (Å²) in [5.74, 6) is -0.256. The van der Waals surface area contributed by atoms with Gasteiger partial charge in [-0.1, -0.05) is 29.6 Å². The van der Waals surface area contributed by atoms with E-state index in [0.29, 0.717) is 10.4 Å². The van der Waals surface area contributed by atoms with Crippen molar-refractivity contribution in [2.24, 2.45) is 5.41 Å². The number of carbonyl (C=O) groups is 1. The lowest BCUT2D eigenvalue weighted by molar-refractivity contribution is 0.0729. The van der Waals surface area contributed by atoms with Crippen molar-refractivity contribution >= 4 is 29.1 Å². The molecule has 0 unspecified atom stereocenters. The second kappa shape index (κ2) is 4.57. The monoisotopic (exact) mass is 299 g/mol. The first-order valence-electron chi connectivity index (χ1n) is 6.48. The van der Waals surface area contributed by atoms with Crippen LogP contribution in [0.1, 0.15) is 36.0 Å². The minimum Gasteiger partial charge on any atom is -0.507 e. The zero-order chi connectivity index (χ0) is 13.6. The molecule has 19 heavy (non-hydrogen) atoms. The average Bonchev–Trinajstić information content (AvgIpc) is 2.78. The first kappa shape index (κ1) is 13.1. The van der Waals surface area contributed by atoms with Gasteiger partial charge < -0.3 is 10.0 Å². The van der Waals surface area contributed by atoms with Gasteiger partial charge in [0.15, 0.2) is 0 Å². The van der Waals surface area contributed by atoms with Gasteiger partial charge in [-0.25, -0.2) is 0 Å². The predicted molar refractivity (Wildman–Crippen MR) is 74.9 cm³/mol. The van der Waals surface area contributed by atoms with E-state index >= 15 is 0 Å². The van der Waals surface area contributed by atoms with Crippen molar-refractivity contribution in [1.29, 1.82) is 0 Å². The van der Waals surface area contributed by atoms with Crippen LogP contribution in [-0.2, 0) is 0 Å². The van der Waals surface area contributed by atoms with Gasteiger partial charge in [0.05, 0.1) is 15.6 Å². The molecule has 2 fully saturated rings. The van der Waals surface area contributed by atoms with E-state index in [0.717, 1.165) is 19.5 Å². The van der Waals surface area contributed by atoms with Crippen LogP contribution in [0, 0.1) is 5.41 Å². The molecule has 0 bridgehead atoms. The minimum atomic E-state index is -0.153. The van der Waals surface area contributed by atoms with Gasteiger partial charge in [-0.3, -0.25) is 4.79 Å². The van der Waals surface area contributed by atoms with Crippen molar-refractivity contribution < 1.29 is 9.90 Å². The maximum atomic E-state index is 12.4. The number of carbonyl (C=O) groups excluding carboxylic acids is 1. The van der Waals surface area contributed by atoms with E-state index in [9.17, 15) is 9.90 Å². The molecule has 0 atom stereocenters. The molecule has 0 aromatic heterocycles. The number of hydrogen-bond acceptors (Lipinski definition) is 2. The van der Waals surface area contributed by atoms with Crippen LogP contribution in [0.5, 0.6) is 5.75 Å². The van der Waals surface area contributed by atoms with Crippen molar-refractivity contribution in [3.8, 4) is 5.75 Å². The van der Waals surface area contributed by atoms with Gasteiger partial charge >= 0.3 is 0 Å². The molecule has 1 heterocycles. The normalized spacial score (nSPS) is 20.6. The van der Waals surface area contributed by atoms with Crippen LogP contribution in [0.15, 0.2) is 12.1 Å². The molecular weight excluding hydrogens is 285 g/mol. The van der Waals surface area contributed by atoms with E-state index in [1.54, 1.807) is 0 Å². The molecule has 102 valence electrons. The Morgan fingerprint density at radius 2 is 1.89 bits per heavy atom. The van der Waals surface area contributed by atoms with Crippen LogP contribution >= 0.6 is 23.2 Å². The summed E-state index contributed by atoms with van der Waals surface area (Å²) >= 11 is 11.7. The van der Waals surface area contributed by atoms with Crippen LogP contribution < -0.4 is 0 Å². The summed E-state index contributed by atoms with van der Waals surface area (Å²) in [7, 11) is 0. The lowest BCUT2D eigenvalue weighted by Crippen LogP contribution is -2.35. The number of halogens is 2. The topological polar surface area (TPSA) is 40.5 Å². The molecule has 1 aromatic carbocycles. The molecule has 1 aliphatic carbocycles. The first-order valence-corrected chi connectivity index (χ1v) is 7.24. The summed E-state index contributed by atoms with van der Waals surface area (Å²) < 4.78 is 0. The predicted octanol–water partition coefficient (Wildman–Crippen LogP) is 3.72. The Hall–Kier alpha value is -0.930. The fourth-order valence-corrected chi connectivity index (χ4v) is 3.39. The number of phenolic OH excluding ortho intramolecular Hbond substituents is 1. The van der Waals surface area contributed by atoms with Crippen molar-refractivity contribution in [1.82, 2.24) is 4.90 Å². The van der Waals surface area contributed by atoms with Gasteiger partial charge in [0.2, 0.25) is 0 Å². The fourth-order valence-electron chi connectivity index (χ4n) is 3.07. The number of hydrogen-bond donors (Lipinski definition) is 1. The highest BCUT2D eigenvalue weighted by Gasteiger charge is 2.44. The Morgan fingerprint density at radius 1 is 1.21 bits per heavy atom. The molecule has 1 saturated heterocycles. The number of benzene rings is 1. The minimum absolute atomic E-state index is 0.103. The highest BCUT2D eigenvalue weighted by molar-refractivity contribution is 6.42. The van der Waals surface area contributed by atoms with Gasteiger partial charge in [-0.05, 0) is 30.7 Å². The summed E-state index contributed by atoms with van der Waals surface area (Å²) in [4.78, 5) is 14.2. The summed E-state index contributed by atoms with van der Waals surface area (Å²) in [6, 6.07) is 2.78. The second-order valence-corrected chi connectivity index (χ2v) is 6.43. The van der Waals surface area contributed by atoms with Crippen molar-refractivity contribution in [2.45, 2.75) is 25.7 Å². The number of amides is 1. The van der Waals surface area contributed by atoms with E-state index < -0.39 is 0 Å². The third kappa shape index (κ3) is 2.19. The molecule has 1 spiro atoms. The lowest BCUT2D eigenvalue weighted by atomic mass is 9.68. The average molecular weight is 300 g/mol. The zero-order valence-electron chi connectivity index (χ0n) is 10.5. The van der Waals surface area contributed by atoms with Gasteiger partial charge in [-0.15, -0.1) is 0 Å². The zero-order valence-corrected chi connectivity index (χ0v) is 12.0. The molecule has 5 heteroatoms. The third-order valence-electron chi connectivity index (χ3n) is 4.41. The van der Waals surface area contributed by atoms with Crippen molar-refractivity contribution in [2.75, 3.05) is 13.1 Å². The summed E-state index contributed by atoms with van der Waals surface area (Å²) in [5, 5.41) is 10.4. The van der Waals surface area contributed by atoms with Crippen LogP contribution in [0.25, 0.3) is 0 Å². The molecule has 3 nitrogen and oxygen atoms in total. The van der Waals surface area contributed by atoms with Gasteiger partial charge in [0.25, 0.3) is 5.91 Å². The second-order valence-electron chi connectivity index (χ2n) is 5.61. The molecule has 1 saturated carbocycles. The number of phenols is 1. The Bertz CT molecular complexity index is 540. The Labute approximate surface area is 122 Å². The van der Waals surface area contributed by atoms with E-state index in [2.05, 4.69) is 0 Å². The van der Waals surface area contributed by atoms with Gasteiger partial charge in [0.1, 0.15) is 5.75 Å². The smallest absolute Gasteiger partial charge is 0.257 e. The lowest BCUT2D eigenvalue weighted by Gasteiger charge is -2.37. The number of aromatic hydroxyl groups is 1. The highest BCUT2D eigenvalue weighted by atomic mass is 35.5. The van der Waals surface area contributed by atoms with E-state index in [-0.39, 0.29) is 22.2 Å². The molecule has 1 aliphatic heterocycles. The van der Waals surface area contributed by atoms with E-state index in [1.165, 1.54) is 31.4 Å². The third-order valence-corrected chi connectivity index (χ3v) is 5.13. The standard InChI is InChI=1S/C14H15Cl2NO2/c15-10-6-9(12(18)7-11(10)16)13(19)17-5-4-14(8-17)2-1-3-14/h6-7,18H,1-5,8H2. The summed E-state index contributed by atoms with van der Waals surface area (Å²) in [6.45, 7) is 1.56. The summed E-state index contributed by atoms with van der Waals surface area (Å²) in [6.07, 6.45) is 4.76. The van der Waals surface area contributed by atoms with Crippen molar-refractivity contribution in [3.05, 3.63) is 27.7 Å². The van der Waals surface area contributed by atoms with Crippen molar-refractivity contribution in [3.63, 3.8) is 0 Å². The Kier molecular flexibility index (Phi) is 3.14. The molecule has 1 amide bonds. The van der Waals surface area contributed by atoms with Gasteiger partial charge in [-0.2, -0.15) is 0 Å². The van der Waals surface area contributed by atoms with Crippen LogP contribution in [0.2, 0.25) is 10.0 Å². The van der Waals surface area contributed by atoms with E-state index in [4.69, 9.17) is 23.2 Å². The first-order chi connectivity index (χ1) is 9.01. The molecule has 1 aromatic rings. The summed E-state index contributed by atoms with van der Waals surface area (Å²) in [5.41, 5.74) is 0.590. The number of rotatable bonds is 1. The largest absolute Gasteiger partial charge is 0.507 e. The number of likely N-dealkylation sites (tertiary alicyclic amines) is 1. The molecule has 2 aliphatic rings. The maximum absolute atomic E-state index is 12.4. The van der Waals surface area contributed by atoms with Gasteiger partial charge in [0, 0.05) is 19.2 Å². The van der Waals surface area contributed by atoms with E-state index in [1.807, 2.05) is 4.90 Å². The molecule has 3 rings (SSSR count). The Morgan fingerprint density at radius 3 is 2.47 bits per heavy atom. The number of nitrogens with zero attached hydrogens (tertiary/aromatic N) is 1. The quantitative estimate of drug-likeness (QED) is 0.858. The SMILES string of the molecule is O=C(c1cc(Cl)c(Cl)cc1O)N1CCC2(CCC2)C1. The molecular formula is C14H15Cl2NO2. The Balaban J connectivity index is 1.83. The van der Waals surface area contributed by atoms with Crippen LogP contribution in [0.4, 0.5) is 0 Å². The maximum Gasteiger partial charge on any atom is 0.257 e. The fraction of sp³-hybridized carbons (Fsp3) is 0.500.